The number of benzene rings is 1. The molecule has 1 aromatic heterocycles. The van der Waals surface area contributed by atoms with Crippen LogP contribution in [-0.2, 0) is 0 Å². The van der Waals surface area contributed by atoms with Crippen LogP contribution in [0.3, 0.4) is 0 Å². The molecular formula is C11H13N5. The summed E-state index contributed by atoms with van der Waals surface area (Å²) >= 11 is 0. The van der Waals surface area contributed by atoms with Crippen molar-refractivity contribution in [1.82, 2.24) is 9.97 Å². The van der Waals surface area contributed by atoms with E-state index < -0.39 is 0 Å². The summed E-state index contributed by atoms with van der Waals surface area (Å²) in [5.41, 5.74) is 13.9. The zero-order valence-corrected chi connectivity index (χ0v) is 8.94. The quantitative estimate of drug-likeness (QED) is 0.663. The molecule has 0 amide bonds. The molecule has 0 aliphatic heterocycles. The van der Waals surface area contributed by atoms with Gasteiger partial charge in [0.25, 0.3) is 0 Å². The molecule has 0 atom stereocenters. The molecule has 0 aliphatic rings. The molecular weight excluding hydrogens is 202 g/mol. The summed E-state index contributed by atoms with van der Waals surface area (Å²) in [6, 6.07) is 7.49. The van der Waals surface area contributed by atoms with Gasteiger partial charge in [0.05, 0.1) is 11.4 Å². The average molecular weight is 215 g/mol. The van der Waals surface area contributed by atoms with Gasteiger partial charge in [0.2, 0.25) is 5.95 Å². The van der Waals surface area contributed by atoms with Crippen molar-refractivity contribution in [2.45, 2.75) is 6.92 Å². The van der Waals surface area contributed by atoms with E-state index >= 15 is 0 Å². The maximum atomic E-state index is 5.84. The van der Waals surface area contributed by atoms with Crippen LogP contribution in [-0.4, -0.2) is 9.97 Å². The normalized spacial score (nSPS) is 10.1. The van der Waals surface area contributed by atoms with Gasteiger partial charge >= 0.3 is 0 Å². The highest BCUT2D eigenvalue weighted by Gasteiger charge is 2.01. The fourth-order valence-corrected chi connectivity index (χ4v) is 1.36. The van der Waals surface area contributed by atoms with E-state index in [4.69, 9.17) is 11.5 Å². The summed E-state index contributed by atoms with van der Waals surface area (Å²) < 4.78 is 0. The minimum atomic E-state index is 0.233. The van der Waals surface area contributed by atoms with Gasteiger partial charge in [0, 0.05) is 6.20 Å². The molecule has 0 spiro atoms. The number of nitrogen functional groups attached to an aromatic ring is 2. The predicted octanol–water partition coefficient (Wildman–Crippen LogP) is 1.69. The van der Waals surface area contributed by atoms with Crippen LogP contribution in [0.2, 0.25) is 0 Å². The van der Waals surface area contributed by atoms with Crippen molar-refractivity contribution in [3.05, 3.63) is 36.0 Å². The van der Waals surface area contributed by atoms with Crippen molar-refractivity contribution in [1.29, 1.82) is 0 Å². The summed E-state index contributed by atoms with van der Waals surface area (Å²) in [6.45, 7) is 2.00. The molecule has 0 saturated carbocycles. The Morgan fingerprint density at radius 1 is 1.19 bits per heavy atom. The number of nitrogens with two attached hydrogens (primary N) is 2. The van der Waals surface area contributed by atoms with E-state index in [1.807, 2.05) is 25.1 Å². The highest BCUT2D eigenvalue weighted by atomic mass is 15.1. The smallest absolute Gasteiger partial charge is 0.221 e. The maximum Gasteiger partial charge on any atom is 0.221 e. The van der Waals surface area contributed by atoms with Crippen molar-refractivity contribution in [2.75, 3.05) is 16.8 Å². The third-order valence-corrected chi connectivity index (χ3v) is 2.15. The topological polar surface area (TPSA) is 89.8 Å². The lowest BCUT2D eigenvalue weighted by molar-refractivity contribution is 1.18. The van der Waals surface area contributed by atoms with Crippen LogP contribution in [0.25, 0.3) is 0 Å². The van der Waals surface area contributed by atoms with Gasteiger partial charge < -0.3 is 16.8 Å². The number of rotatable bonds is 2. The van der Waals surface area contributed by atoms with Crippen molar-refractivity contribution in [3.8, 4) is 0 Å². The second-order valence-corrected chi connectivity index (χ2v) is 3.52. The van der Waals surface area contributed by atoms with Gasteiger partial charge in [-0.1, -0.05) is 6.07 Å². The molecule has 82 valence electrons. The zero-order chi connectivity index (χ0) is 11.5. The Morgan fingerprint density at radius 2 is 2.00 bits per heavy atom. The summed E-state index contributed by atoms with van der Waals surface area (Å²) in [5.74, 6) is 0.862. The molecule has 5 heteroatoms. The fraction of sp³-hybridized carbons (Fsp3) is 0.0909. The summed E-state index contributed by atoms with van der Waals surface area (Å²) in [6.07, 6.45) is 1.59. The van der Waals surface area contributed by atoms with Gasteiger partial charge in [-0.15, -0.1) is 0 Å². The molecule has 0 bridgehead atoms. The van der Waals surface area contributed by atoms with Crippen molar-refractivity contribution < 1.29 is 0 Å². The number of aromatic nitrogens is 2. The van der Waals surface area contributed by atoms with E-state index in [1.54, 1.807) is 12.3 Å². The Hall–Kier alpha value is -2.30. The van der Waals surface area contributed by atoms with Gasteiger partial charge in [0.1, 0.15) is 5.82 Å². The summed E-state index contributed by atoms with van der Waals surface area (Å²) in [7, 11) is 0. The molecule has 2 aromatic rings. The molecule has 1 heterocycles. The van der Waals surface area contributed by atoms with E-state index in [2.05, 4.69) is 15.3 Å². The third-order valence-electron chi connectivity index (χ3n) is 2.15. The van der Waals surface area contributed by atoms with Gasteiger partial charge in [0.15, 0.2) is 0 Å². The third kappa shape index (κ3) is 2.20. The second-order valence-electron chi connectivity index (χ2n) is 3.52. The van der Waals surface area contributed by atoms with Crippen LogP contribution >= 0.6 is 0 Å². The average Bonchev–Trinajstić information content (AvgIpc) is 2.24. The van der Waals surface area contributed by atoms with E-state index in [-0.39, 0.29) is 5.95 Å². The van der Waals surface area contributed by atoms with Crippen molar-refractivity contribution >= 4 is 23.1 Å². The number of nitrogens with zero attached hydrogens (tertiary/aromatic N) is 2. The molecule has 0 fully saturated rings. The summed E-state index contributed by atoms with van der Waals surface area (Å²) in [4.78, 5) is 7.86. The fourth-order valence-electron chi connectivity index (χ4n) is 1.36. The van der Waals surface area contributed by atoms with Gasteiger partial charge in [-0.2, -0.15) is 4.98 Å². The maximum absolute atomic E-state index is 5.84. The molecule has 16 heavy (non-hydrogen) atoms. The van der Waals surface area contributed by atoms with Gasteiger partial charge in [-0.05, 0) is 30.7 Å². The number of aryl methyl sites for hydroxylation is 1. The molecule has 0 aliphatic carbocycles. The van der Waals surface area contributed by atoms with Crippen LogP contribution in [0, 0.1) is 6.92 Å². The second kappa shape index (κ2) is 4.06. The van der Waals surface area contributed by atoms with Gasteiger partial charge in [-0.3, -0.25) is 0 Å². The highest BCUT2D eigenvalue weighted by molar-refractivity contribution is 5.71. The number of hydrogen-bond donors (Lipinski definition) is 3. The number of anilines is 4. The van der Waals surface area contributed by atoms with Crippen LogP contribution < -0.4 is 16.8 Å². The lowest BCUT2D eigenvalue weighted by atomic mass is 10.2. The zero-order valence-electron chi connectivity index (χ0n) is 8.94. The Bertz CT molecular complexity index is 509. The predicted molar refractivity (Wildman–Crippen MR) is 65.3 cm³/mol. The lowest BCUT2D eigenvalue weighted by Gasteiger charge is -2.09. The van der Waals surface area contributed by atoms with Crippen molar-refractivity contribution in [2.24, 2.45) is 0 Å². The van der Waals surface area contributed by atoms with Crippen LogP contribution in [0.15, 0.2) is 30.5 Å². The Morgan fingerprint density at radius 3 is 2.75 bits per heavy atom. The first kappa shape index (κ1) is 10.2. The molecule has 0 radical (unpaired) electrons. The van der Waals surface area contributed by atoms with Gasteiger partial charge in [-0.25, -0.2) is 4.98 Å². The highest BCUT2D eigenvalue weighted by Crippen LogP contribution is 2.23. The van der Waals surface area contributed by atoms with E-state index in [0.717, 1.165) is 11.3 Å². The van der Waals surface area contributed by atoms with E-state index in [9.17, 15) is 0 Å². The standard InChI is InChI=1S/C11H13N5/c1-7-2-3-8(12)9(6-7)15-10-4-5-14-11(13)16-10/h2-6H,12H2,1H3,(H3,13,14,15,16). The van der Waals surface area contributed by atoms with Crippen molar-refractivity contribution in [3.63, 3.8) is 0 Å². The largest absolute Gasteiger partial charge is 0.397 e. The molecule has 0 saturated heterocycles. The Balaban J connectivity index is 2.30. The molecule has 5 nitrogen and oxygen atoms in total. The minimum Gasteiger partial charge on any atom is -0.397 e. The molecule has 5 N–H and O–H groups in total. The number of hydrogen-bond acceptors (Lipinski definition) is 5. The monoisotopic (exact) mass is 215 g/mol. The van der Waals surface area contributed by atoms with E-state index in [1.165, 1.54) is 0 Å². The first-order valence-corrected chi connectivity index (χ1v) is 4.87. The number of nitrogens with one attached hydrogen (secondary N) is 1. The Labute approximate surface area is 93.5 Å². The van der Waals surface area contributed by atoms with Crippen LogP contribution in [0.4, 0.5) is 23.1 Å². The lowest BCUT2D eigenvalue weighted by Crippen LogP contribution is -2.01. The molecule has 1 aromatic carbocycles. The Kier molecular flexibility index (Phi) is 2.59. The first-order chi connectivity index (χ1) is 7.65. The molecule has 0 unspecified atom stereocenters. The molecule has 2 rings (SSSR count). The van der Waals surface area contributed by atoms with Crippen LogP contribution in [0.5, 0.6) is 0 Å². The summed E-state index contributed by atoms with van der Waals surface area (Å²) in [5, 5.41) is 3.10. The van der Waals surface area contributed by atoms with Crippen LogP contribution in [0.1, 0.15) is 5.56 Å². The van der Waals surface area contributed by atoms with E-state index in [0.29, 0.717) is 11.5 Å². The SMILES string of the molecule is Cc1ccc(N)c(Nc2ccnc(N)n2)c1. The first-order valence-electron chi connectivity index (χ1n) is 4.87. The minimum absolute atomic E-state index is 0.233.